The first-order chi connectivity index (χ1) is 11.1. The van der Waals surface area contributed by atoms with Crippen LogP contribution >= 0.6 is 0 Å². The zero-order valence-electron chi connectivity index (χ0n) is 13.1. The number of anilines is 3. The highest BCUT2D eigenvalue weighted by atomic mass is 16.5. The molecule has 2 N–H and O–H groups in total. The third kappa shape index (κ3) is 4.81. The molecular formula is C17H19N3O3. The Hall–Kier alpha value is -2.89. The number of ether oxygens (including phenoxy) is 1. The van der Waals surface area contributed by atoms with Gasteiger partial charge in [-0.1, -0.05) is 6.92 Å². The van der Waals surface area contributed by atoms with Gasteiger partial charge >= 0.3 is 5.97 Å². The molecule has 120 valence electrons. The van der Waals surface area contributed by atoms with Gasteiger partial charge in [0.25, 0.3) is 0 Å². The lowest BCUT2D eigenvalue weighted by Crippen LogP contribution is -2.09. The van der Waals surface area contributed by atoms with Crippen molar-refractivity contribution in [1.82, 2.24) is 4.98 Å². The van der Waals surface area contributed by atoms with Crippen molar-refractivity contribution in [3.8, 4) is 0 Å². The highest BCUT2D eigenvalue weighted by Crippen LogP contribution is 2.17. The molecule has 1 aromatic heterocycles. The highest BCUT2D eigenvalue weighted by molar-refractivity contribution is 5.90. The lowest BCUT2D eigenvalue weighted by molar-refractivity contribution is -0.115. The van der Waals surface area contributed by atoms with E-state index in [0.717, 1.165) is 5.69 Å². The average Bonchev–Trinajstić information content (AvgIpc) is 2.57. The molecule has 0 unspecified atom stereocenters. The predicted molar refractivity (Wildman–Crippen MR) is 88.8 cm³/mol. The van der Waals surface area contributed by atoms with Crippen LogP contribution in [0.2, 0.25) is 0 Å². The lowest BCUT2D eigenvalue weighted by atomic mass is 10.2. The summed E-state index contributed by atoms with van der Waals surface area (Å²) < 4.78 is 4.93. The van der Waals surface area contributed by atoms with Crippen LogP contribution in [0.25, 0.3) is 0 Å². The minimum Gasteiger partial charge on any atom is -0.462 e. The van der Waals surface area contributed by atoms with Crippen molar-refractivity contribution in [1.29, 1.82) is 0 Å². The molecular weight excluding hydrogens is 294 g/mol. The fraction of sp³-hybridized carbons (Fsp3) is 0.235. The molecule has 0 saturated carbocycles. The van der Waals surface area contributed by atoms with Crippen LogP contribution in [-0.4, -0.2) is 23.5 Å². The van der Waals surface area contributed by atoms with Crippen LogP contribution in [0.1, 0.15) is 30.6 Å². The van der Waals surface area contributed by atoms with E-state index in [1.54, 1.807) is 56.4 Å². The molecule has 0 fully saturated rings. The maximum absolute atomic E-state index is 11.6. The van der Waals surface area contributed by atoms with Crippen molar-refractivity contribution in [3.05, 3.63) is 48.2 Å². The molecule has 0 atom stereocenters. The van der Waals surface area contributed by atoms with E-state index in [2.05, 4.69) is 15.6 Å². The minimum absolute atomic E-state index is 0.0536. The average molecular weight is 313 g/mol. The van der Waals surface area contributed by atoms with Crippen molar-refractivity contribution in [2.24, 2.45) is 0 Å². The maximum atomic E-state index is 11.6. The fourth-order valence-electron chi connectivity index (χ4n) is 1.84. The standard InChI is InChI=1S/C17H19N3O3/c1-3-16(21)20-14-9-10-15(18-11-14)19-13-7-5-12(6-8-13)17(22)23-4-2/h5-11H,3-4H2,1-2H3,(H,18,19)(H,20,21). The number of carbonyl (C=O) groups is 2. The van der Waals surface area contributed by atoms with Gasteiger partial charge in [-0.05, 0) is 43.3 Å². The second-order valence-electron chi connectivity index (χ2n) is 4.76. The Morgan fingerprint density at radius 3 is 2.30 bits per heavy atom. The van der Waals surface area contributed by atoms with Gasteiger partial charge in [0.05, 0.1) is 24.1 Å². The Balaban J connectivity index is 1.99. The summed E-state index contributed by atoms with van der Waals surface area (Å²) in [5.74, 6) is 0.249. The highest BCUT2D eigenvalue weighted by Gasteiger charge is 2.06. The Kier molecular flexibility index (Phi) is 5.68. The Labute approximate surface area is 134 Å². The number of hydrogen-bond acceptors (Lipinski definition) is 5. The molecule has 0 spiro atoms. The summed E-state index contributed by atoms with van der Waals surface area (Å²) in [5, 5.41) is 5.85. The Bertz CT molecular complexity index is 666. The molecule has 2 aromatic rings. The van der Waals surface area contributed by atoms with Crippen LogP contribution < -0.4 is 10.6 Å². The molecule has 0 aliphatic heterocycles. The van der Waals surface area contributed by atoms with Gasteiger partial charge in [0.15, 0.2) is 0 Å². The minimum atomic E-state index is -0.340. The monoisotopic (exact) mass is 313 g/mol. The quantitative estimate of drug-likeness (QED) is 0.799. The van der Waals surface area contributed by atoms with E-state index in [-0.39, 0.29) is 11.9 Å². The third-order valence-corrected chi connectivity index (χ3v) is 3.04. The number of carbonyl (C=O) groups excluding carboxylic acids is 2. The number of amides is 1. The molecule has 6 nitrogen and oxygen atoms in total. The van der Waals surface area contributed by atoms with Crippen molar-refractivity contribution in [3.63, 3.8) is 0 Å². The number of rotatable bonds is 6. The maximum Gasteiger partial charge on any atom is 0.338 e. The van der Waals surface area contributed by atoms with E-state index in [1.807, 2.05) is 0 Å². The number of benzene rings is 1. The zero-order valence-corrected chi connectivity index (χ0v) is 13.1. The first-order valence-electron chi connectivity index (χ1n) is 7.42. The molecule has 0 aliphatic rings. The SMILES string of the molecule is CCOC(=O)c1ccc(Nc2ccc(NC(=O)CC)cn2)cc1. The van der Waals surface area contributed by atoms with Crippen LogP contribution in [0.5, 0.6) is 0 Å². The Morgan fingerprint density at radius 1 is 1.04 bits per heavy atom. The summed E-state index contributed by atoms with van der Waals surface area (Å²) >= 11 is 0. The molecule has 1 aromatic carbocycles. The first kappa shape index (κ1) is 16.5. The van der Waals surface area contributed by atoms with E-state index >= 15 is 0 Å². The van der Waals surface area contributed by atoms with Crippen molar-refractivity contribution >= 4 is 29.1 Å². The smallest absolute Gasteiger partial charge is 0.338 e. The van der Waals surface area contributed by atoms with E-state index < -0.39 is 0 Å². The largest absolute Gasteiger partial charge is 0.462 e. The fourth-order valence-corrected chi connectivity index (χ4v) is 1.84. The predicted octanol–water partition coefficient (Wildman–Crippen LogP) is 3.35. The van der Waals surface area contributed by atoms with Crippen molar-refractivity contribution < 1.29 is 14.3 Å². The summed E-state index contributed by atoms with van der Waals surface area (Å²) in [6.07, 6.45) is 2.01. The summed E-state index contributed by atoms with van der Waals surface area (Å²) in [6.45, 7) is 3.91. The van der Waals surface area contributed by atoms with Gasteiger partial charge in [-0.3, -0.25) is 4.79 Å². The van der Waals surface area contributed by atoms with Gasteiger partial charge < -0.3 is 15.4 Å². The third-order valence-electron chi connectivity index (χ3n) is 3.04. The number of hydrogen-bond donors (Lipinski definition) is 2. The van der Waals surface area contributed by atoms with Gasteiger partial charge in [0.2, 0.25) is 5.91 Å². The van der Waals surface area contributed by atoms with E-state index in [9.17, 15) is 9.59 Å². The van der Waals surface area contributed by atoms with Crippen LogP contribution in [0.4, 0.5) is 17.2 Å². The molecule has 6 heteroatoms. The molecule has 0 saturated heterocycles. The number of nitrogens with one attached hydrogen (secondary N) is 2. The van der Waals surface area contributed by atoms with Crippen LogP contribution in [-0.2, 0) is 9.53 Å². The van der Waals surface area contributed by atoms with Gasteiger partial charge in [-0.25, -0.2) is 9.78 Å². The molecule has 1 heterocycles. The summed E-state index contributed by atoms with van der Waals surface area (Å²) in [5.41, 5.74) is 1.96. The van der Waals surface area contributed by atoms with Crippen molar-refractivity contribution in [2.45, 2.75) is 20.3 Å². The zero-order chi connectivity index (χ0) is 16.7. The number of nitrogens with zero attached hydrogens (tertiary/aromatic N) is 1. The van der Waals surface area contributed by atoms with Crippen molar-refractivity contribution in [2.75, 3.05) is 17.2 Å². The van der Waals surface area contributed by atoms with Gasteiger partial charge in [-0.2, -0.15) is 0 Å². The first-order valence-corrected chi connectivity index (χ1v) is 7.42. The molecule has 0 bridgehead atoms. The van der Waals surface area contributed by atoms with E-state index in [4.69, 9.17) is 4.74 Å². The van der Waals surface area contributed by atoms with Gasteiger partial charge in [0.1, 0.15) is 5.82 Å². The number of aromatic nitrogens is 1. The van der Waals surface area contributed by atoms with E-state index in [1.165, 1.54) is 0 Å². The lowest BCUT2D eigenvalue weighted by Gasteiger charge is -2.08. The second-order valence-corrected chi connectivity index (χ2v) is 4.76. The molecule has 2 rings (SSSR count). The van der Waals surface area contributed by atoms with Gasteiger partial charge in [-0.15, -0.1) is 0 Å². The van der Waals surface area contributed by atoms with Crippen LogP contribution in [0.3, 0.4) is 0 Å². The number of pyridine rings is 1. The topological polar surface area (TPSA) is 80.3 Å². The molecule has 0 radical (unpaired) electrons. The van der Waals surface area contributed by atoms with Gasteiger partial charge in [0, 0.05) is 12.1 Å². The molecule has 0 aliphatic carbocycles. The van der Waals surface area contributed by atoms with E-state index in [0.29, 0.717) is 30.1 Å². The molecule has 23 heavy (non-hydrogen) atoms. The van der Waals surface area contributed by atoms with Crippen LogP contribution in [0.15, 0.2) is 42.6 Å². The number of esters is 1. The summed E-state index contributed by atoms with van der Waals surface area (Å²) in [7, 11) is 0. The normalized spacial score (nSPS) is 10.0. The summed E-state index contributed by atoms with van der Waals surface area (Å²) in [4.78, 5) is 27.1. The molecule has 1 amide bonds. The second kappa shape index (κ2) is 7.93. The Morgan fingerprint density at radius 2 is 1.74 bits per heavy atom. The summed E-state index contributed by atoms with van der Waals surface area (Å²) in [6, 6.07) is 10.5. The van der Waals surface area contributed by atoms with Crippen LogP contribution in [0, 0.1) is 0 Å².